The average Bonchev–Trinajstić information content (AvgIpc) is 1.88. The second-order valence-electron chi connectivity index (χ2n) is 2.88. The summed E-state index contributed by atoms with van der Waals surface area (Å²) in [6.07, 6.45) is 2.16. The van der Waals surface area contributed by atoms with Gasteiger partial charge in [0.15, 0.2) is 0 Å². The van der Waals surface area contributed by atoms with Crippen LogP contribution < -0.4 is 0 Å². The maximum Gasteiger partial charge on any atom is 0.124 e. The second kappa shape index (κ2) is 5.42. The first kappa shape index (κ1) is 9.63. The Bertz CT molecular complexity index is 93.3. The Hall–Kier alpha value is -0.370. The van der Waals surface area contributed by atoms with Gasteiger partial charge < -0.3 is 9.69 Å². The van der Waals surface area contributed by atoms with Gasteiger partial charge in [-0.1, -0.05) is 13.8 Å². The van der Waals surface area contributed by atoms with E-state index in [1.54, 1.807) is 0 Å². The van der Waals surface area contributed by atoms with E-state index in [0.717, 1.165) is 25.8 Å². The lowest BCUT2D eigenvalue weighted by Crippen LogP contribution is -2.25. The Balaban J connectivity index is 3.36. The minimum absolute atomic E-state index is 0.177. The van der Waals surface area contributed by atoms with Crippen molar-refractivity contribution in [2.45, 2.75) is 20.3 Å². The summed E-state index contributed by atoms with van der Waals surface area (Å²) in [6.45, 7) is 6.05. The lowest BCUT2D eigenvalue weighted by atomic mass is 10.2. The number of rotatable bonds is 5. The summed E-state index contributed by atoms with van der Waals surface area (Å²) in [5, 5.41) is 0. The Morgan fingerprint density at radius 2 is 2.20 bits per heavy atom. The fourth-order valence-corrected chi connectivity index (χ4v) is 1.01. The lowest BCUT2D eigenvalue weighted by molar-refractivity contribution is -0.111. The summed E-state index contributed by atoms with van der Waals surface area (Å²) >= 11 is 0. The fourth-order valence-electron chi connectivity index (χ4n) is 1.01. The molecule has 0 heterocycles. The number of aldehydes is 1. The van der Waals surface area contributed by atoms with Crippen molar-refractivity contribution in [2.24, 2.45) is 5.92 Å². The highest BCUT2D eigenvalue weighted by molar-refractivity contribution is 5.52. The van der Waals surface area contributed by atoms with Crippen LogP contribution in [0.25, 0.3) is 0 Å². The van der Waals surface area contributed by atoms with Crippen molar-refractivity contribution in [3.8, 4) is 0 Å². The van der Waals surface area contributed by atoms with Crippen molar-refractivity contribution in [1.29, 1.82) is 0 Å². The van der Waals surface area contributed by atoms with Gasteiger partial charge in [0, 0.05) is 12.5 Å². The molecule has 0 spiro atoms. The predicted octanol–water partition coefficient (Wildman–Crippen LogP) is 1.16. The standard InChI is InChI=1S/C8H17NO/c1-4-5-9(3)6-8(2)7-10/h7-8H,4-6H2,1-3H3. The van der Waals surface area contributed by atoms with E-state index in [0.29, 0.717) is 0 Å². The minimum atomic E-state index is 0.177. The molecule has 0 radical (unpaired) electrons. The Labute approximate surface area is 63.2 Å². The first-order chi connectivity index (χ1) is 4.70. The summed E-state index contributed by atoms with van der Waals surface area (Å²) in [6, 6.07) is 0. The highest BCUT2D eigenvalue weighted by Gasteiger charge is 2.02. The molecule has 60 valence electrons. The molecule has 0 fully saturated rings. The Morgan fingerprint density at radius 3 is 2.60 bits per heavy atom. The summed E-state index contributed by atoms with van der Waals surface area (Å²) in [5.41, 5.74) is 0. The molecular weight excluding hydrogens is 126 g/mol. The molecule has 0 aromatic rings. The van der Waals surface area contributed by atoms with Crippen molar-refractivity contribution in [2.75, 3.05) is 20.1 Å². The van der Waals surface area contributed by atoms with Crippen molar-refractivity contribution in [3.05, 3.63) is 0 Å². The normalized spacial score (nSPS) is 13.6. The van der Waals surface area contributed by atoms with Crippen LogP contribution in [-0.4, -0.2) is 31.3 Å². The molecule has 2 nitrogen and oxygen atoms in total. The highest BCUT2D eigenvalue weighted by atomic mass is 16.1. The van der Waals surface area contributed by atoms with Crippen LogP contribution in [0, 0.1) is 5.92 Å². The first-order valence-corrected chi connectivity index (χ1v) is 3.84. The zero-order chi connectivity index (χ0) is 7.98. The molecule has 1 unspecified atom stereocenters. The van der Waals surface area contributed by atoms with Gasteiger partial charge in [0.25, 0.3) is 0 Å². The van der Waals surface area contributed by atoms with Crippen molar-refractivity contribution < 1.29 is 4.79 Å². The van der Waals surface area contributed by atoms with Crippen LogP contribution in [0.5, 0.6) is 0 Å². The molecule has 0 N–H and O–H groups in total. The molecule has 0 bridgehead atoms. The summed E-state index contributed by atoms with van der Waals surface area (Å²) in [7, 11) is 2.05. The van der Waals surface area contributed by atoms with Gasteiger partial charge in [0.05, 0.1) is 0 Å². The Kier molecular flexibility index (Phi) is 5.22. The van der Waals surface area contributed by atoms with E-state index in [2.05, 4.69) is 11.8 Å². The summed E-state index contributed by atoms with van der Waals surface area (Å²) in [5.74, 6) is 0.177. The van der Waals surface area contributed by atoms with Gasteiger partial charge in [0.1, 0.15) is 6.29 Å². The Morgan fingerprint density at radius 1 is 1.60 bits per heavy atom. The van der Waals surface area contributed by atoms with Crippen molar-refractivity contribution in [3.63, 3.8) is 0 Å². The number of nitrogens with zero attached hydrogens (tertiary/aromatic N) is 1. The van der Waals surface area contributed by atoms with Gasteiger partial charge in [-0.25, -0.2) is 0 Å². The largest absolute Gasteiger partial charge is 0.306 e. The van der Waals surface area contributed by atoms with Gasteiger partial charge in [-0.2, -0.15) is 0 Å². The van der Waals surface area contributed by atoms with Crippen LogP contribution in [0.4, 0.5) is 0 Å². The monoisotopic (exact) mass is 143 g/mol. The zero-order valence-electron chi connectivity index (χ0n) is 7.13. The summed E-state index contributed by atoms with van der Waals surface area (Å²) < 4.78 is 0. The van der Waals surface area contributed by atoms with E-state index >= 15 is 0 Å². The van der Waals surface area contributed by atoms with Crippen molar-refractivity contribution in [1.82, 2.24) is 4.90 Å². The van der Waals surface area contributed by atoms with Crippen LogP contribution in [-0.2, 0) is 4.79 Å². The third-order valence-electron chi connectivity index (χ3n) is 1.44. The van der Waals surface area contributed by atoms with Crippen molar-refractivity contribution >= 4 is 6.29 Å². The highest BCUT2D eigenvalue weighted by Crippen LogP contribution is 1.94. The molecule has 0 amide bonds. The molecule has 0 saturated heterocycles. The maximum absolute atomic E-state index is 10.2. The predicted molar refractivity (Wildman–Crippen MR) is 43.0 cm³/mol. The quantitative estimate of drug-likeness (QED) is 0.538. The van der Waals surface area contributed by atoms with Crippen LogP contribution in [0.1, 0.15) is 20.3 Å². The first-order valence-electron chi connectivity index (χ1n) is 3.84. The van der Waals surface area contributed by atoms with Gasteiger partial charge >= 0.3 is 0 Å². The van der Waals surface area contributed by atoms with E-state index in [-0.39, 0.29) is 5.92 Å². The van der Waals surface area contributed by atoms with E-state index in [1.807, 2.05) is 14.0 Å². The molecule has 1 atom stereocenters. The number of carbonyl (C=O) groups excluding carboxylic acids is 1. The molecule has 2 heteroatoms. The van der Waals surface area contributed by atoms with Crippen LogP contribution in [0.15, 0.2) is 0 Å². The van der Waals surface area contributed by atoms with Gasteiger partial charge in [-0.15, -0.1) is 0 Å². The van der Waals surface area contributed by atoms with Crippen LogP contribution >= 0.6 is 0 Å². The molecule has 0 rings (SSSR count). The fraction of sp³-hybridized carbons (Fsp3) is 0.875. The van der Waals surface area contributed by atoms with Gasteiger partial charge in [-0.05, 0) is 20.0 Å². The molecular formula is C8H17NO. The topological polar surface area (TPSA) is 20.3 Å². The molecule has 0 aliphatic heterocycles. The third-order valence-corrected chi connectivity index (χ3v) is 1.44. The van der Waals surface area contributed by atoms with E-state index in [4.69, 9.17) is 0 Å². The van der Waals surface area contributed by atoms with Crippen LogP contribution in [0.2, 0.25) is 0 Å². The number of carbonyl (C=O) groups is 1. The van der Waals surface area contributed by atoms with E-state index < -0.39 is 0 Å². The van der Waals surface area contributed by atoms with Gasteiger partial charge in [0.2, 0.25) is 0 Å². The number of hydrogen-bond donors (Lipinski definition) is 0. The number of hydrogen-bond acceptors (Lipinski definition) is 2. The summed E-state index contributed by atoms with van der Waals surface area (Å²) in [4.78, 5) is 12.4. The molecule has 0 aromatic carbocycles. The average molecular weight is 143 g/mol. The molecule has 0 aromatic heterocycles. The van der Waals surface area contributed by atoms with E-state index in [1.165, 1.54) is 0 Å². The molecule has 0 aliphatic carbocycles. The SMILES string of the molecule is CCCN(C)CC(C)C=O. The minimum Gasteiger partial charge on any atom is -0.306 e. The molecule has 0 saturated carbocycles. The maximum atomic E-state index is 10.2. The second-order valence-corrected chi connectivity index (χ2v) is 2.88. The zero-order valence-corrected chi connectivity index (χ0v) is 7.13. The van der Waals surface area contributed by atoms with E-state index in [9.17, 15) is 4.79 Å². The van der Waals surface area contributed by atoms with Crippen LogP contribution in [0.3, 0.4) is 0 Å². The van der Waals surface area contributed by atoms with Gasteiger partial charge in [-0.3, -0.25) is 0 Å². The molecule has 10 heavy (non-hydrogen) atoms. The molecule has 0 aliphatic rings. The smallest absolute Gasteiger partial charge is 0.124 e. The lowest BCUT2D eigenvalue weighted by Gasteiger charge is -2.16. The third kappa shape index (κ3) is 4.50.